The number of hydrogen-bond donors (Lipinski definition) is 2. The second-order valence-corrected chi connectivity index (χ2v) is 4.03. The lowest BCUT2D eigenvalue weighted by molar-refractivity contribution is -0.138. The maximum Gasteiger partial charge on any atom is 0.325 e. The molecule has 17 heavy (non-hydrogen) atoms. The summed E-state index contributed by atoms with van der Waals surface area (Å²) in [7, 11) is 0. The van der Waals surface area contributed by atoms with E-state index >= 15 is 0 Å². The molecule has 0 bridgehead atoms. The molecule has 5 nitrogen and oxygen atoms in total. The first-order chi connectivity index (χ1) is 8.09. The third-order valence-corrected chi connectivity index (χ3v) is 2.68. The largest absolute Gasteiger partial charge is 0.490 e. The van der Waals surface area contributed by atoms with Crippen molar-refractivity contribution in [3.63, 3.8) is 0 Å². The predicted octanol–water partition coefficient (Wildman–Crippen LogP) is 1.24. The molecule has 1 heterocycles. The van der Waals surface area contributed by atoms with Gasteiger partial charge in [0.15, 0.2) is 11.5 Å². The van der Waals surface area contributed by atoms with Crippen LogP contribution in [0.2, 0.25) is 0 Å². The predicted molar refractivity (Wildman–Crippen MR) is 61.4 cm³/mol. The number of nitrogens with two attached hydrogens (primary N) is 1. The lowest BCUT2D eigenvalue weighted by atomic mass is 10.0. The lowest BCUT2D eigenvalue weighted by Crippen LogP contribution is -2.20. The van der Waals surface area contributed by atoms with Crippen molar-refractivity contribution >= 4 is 5.97 Å². The smallest absolute Gasteiger partial charge is 0.325 e. The molecule has 2 rings (SSSR count). The number of carboxylic acid groups (broad SMARTS) is 1. The van der Waals surface area contributed by atoms with Crippen LogP contribution in [-0.4, -0.2) is 24.3 Å². The molecule has 1 aromatic carbocycles. The highest BCUT2D eigenvalue weighted by molar-refractivity contribution is 5.75. The Morgan fingerprint density at radius 1 is 1.41 bits per heavy atom. The molecule has 3 N–H and O–H groups in total. The van der Waals surface area contributed by atoms with Crippen LogP contribution in [0, 0.1) is 6.92 Å². The standard InChI is InChI=1S/C12H15NO4/c1-7-5-8(10(13)12(14)15)6-9-11(7)17-4-2-3-16-9/h5-6,10H,2-4,13H2,1H3,(H,14,15). The Morgan fingerprint density at radius 2 is 2.12 bits per heavy atom. The van der Waals surface area contributed by atoms with Crippen LogP contribution in [0.1, 0.15) is 23.6 Å². The van der Waals surface area contributed by atoms with Crippen LogP contribution in [0.5, 0.6) is 11.5 Å². The number of hydrogen-bond acceptors (Lipinski definition) is 4. The molecule has 0 amide bonds. The van der Waals surface area contributed by atoms with E-state index in [1.165, 1.54) is 0 Å². The van der Waals surface area contributed by atoms with E-state index in [2.05, 4.69) is 0 Å². The monoisotopic (exact) mass is 237 g/mol. The number of fused-ring (bicyclic) bond motifs is 1. The SMILES string of the molecule is Cc1cc(C(N)C(=O)O)cc2c1OCCCO2. The summed E-state index contributed by atoms with van der Waals surface area (Å²) >= 11 is 0. The molecule has 0 aliphatic carbocycles. The van der Waals surface area contributed by atoms with Crippen molar-refractivity contribution < 1.29 is 19.4 Å². The first-order valence-corrected chi connectivity index (χ1v) is 5.48. The zero-order valence-electron chi connectivity index (χ0n) is 9.60. The second kappa shape index (κ2) is 4.63. The van der Waals surface area contributed by atoms with Crippen molar-refractivity contribution in [2.24, 2.45) is 5.73 Å². The van der Waals surface area contributed by atoms with Gasteiger partial charge in [0.25, 0.3) is 0 Å². The average molecular weight is 237 g/mol. The second-order valence-electron chi connectivity index (χ2n) is 4.03. The van der Waals surface area contributed by atoms with Crippen molar-refractivity contribution in [2.45, 2.75) is 19.4 Å². The Hall–Kier alpha value is -1.75. The van der Waals surface area contributed by atoms with Crippen LogP contribution in [0.25, 0.3) is 0 Å². The highest BCUT2D eigenvalue weighted by Crippen LogP contribution is 2.35. The highest BCUT2D eigenvalue weighted by atomic mass is 16.5. The number of benzene rings is 1. The molecule has 1 atom stereocenters. The molecule has 0 spiro atoms. The third kappa shape index (κ3) is 2.34. The molecule has 1 unspecified atom stereocenters. The molecule has 92 valence electrons. The van der Waals surface area contributed by atoms with Gasteiger partial charge < -0.3 is 20.3 Å². The van der Waals surface area contributed by atoms with Crippen molar-refractivity contribution in [2.75, 3.05) is 13.2 Å². The number of rotatable bonds is 2. The highest BCUT2D eigenvalue weighted by Gasteiger charge is 2.20. The number of carbonyl (C=O) groups is 1. The van der Waals surface area contributed by atoms with Crippen molar-refractivity contribution in [3.8, 4) is 11.5 Å². The van der Waals surface area contributed by atoms with Crippen LogP contribution >= 0.6 is 0 Å². The molecule has 0 saturated carbocycles. The van der Waals surface area contributed by atoms with Crippen LogP contribution in [-0.2, 0) is 4.79 Å². The number of ether oxygens (including phenoxy) is 2. The molecular formula is C12H15NO4. The first kappa shape index (κ1) is 11.7. The van der Waals surface area contributed by atoms with E-state index in [4.69, 9.17) is 20.3 Å². The number of aryl methyl sites for hydroxylation is 1. The summed E-state index contributed by atoms with van der Waals surface area (Å²) in [6.45, 7) is 3.03. The van der Waals surface area contributed by atoms with Crippen molar-refractivity contribution in [1.29, 1.82) is 0 Å². The minimum Gasteiger partial charge on any atom is -0.490 e. The Labute approximate surface area is 99.1 Å². The zero-order valence-corrected chi connectivity index (χ0v) is 9.60. The van der Waals surface area contributed by atoms with Crippen LogP contribution < -0.4 is 15.2 Å². The van der Waals surface area contributed by atoms with Crippen LogP contribution in [0.4, 0.5) is 0 Å². The summed E-state index contributed by atoms with van der Waals surface area (Å²) < 4.78 is 11.1. The van der Waals surface area contributed by atoms with Gasteiger partial charge in [0.1, 0.15) is 6.04 Å². The molecule has 1 aliphatic heterocycles. The fourth-order valence-corrected chi connectivity index (χ4v) is 1.80. The Balaban J connectivity index is 2.42. The fourth-order valence-electron chi connectivity index (χ4n) is 1.80. The van der Waals surface area contributed by atoms with Gasteiger partial charge in [-0.15, -0.1) is 0 Å². The van der Waals surface area contributed by atoms with E-state index < -0.39 is 12.0 Å². The van der Waals surface area contributed by atoms with Gasteiger partial charge in [0.2, 0.25) is 0 Å². The molecular weight excluding hydrogens is 222 g/mol. The van der Waals surface area contributed by atoms with E-state index in [1.54, 1.807) is 12.1 Å². The topological polar surface area (TPSA) is 81.8 Å². The maximum absolute atomic E-state index is 10.8. The molecule has 0 saturated heterocycles. The van der Waals surface area contributed by atoms with Gasteiger partial charge in [-0.1, -0.05) is 0 Å². The van der Waals surface area contributed by atoms with Gasteiger partial charge in [0, 0.05) is 6.42 Å². The summed E-state index contributed by atoms with van der Waals surface area (Å²) in [4.78, 5) is 10.8. The molecule has 5 heteroatoms. The summed E-state index contributed by atoms with van der Waals surface area (Å²) in [5.74, 6) is 0.205. The first-order valence-electron chi connectivity index (χ1n) is 5.48. The van der Waals surface area contributed by atoms with Gasteiger partial charge in [0.05, 0.1) is 13.2 Å². The molecule has 0 radical (unpaired) electrons. The van der Waals surface area contributed by atoms with E-state index in [-0.39, 0.29) is 0 Å². The van der Waals surface area contributed by atoms with E-state index in [1.807, 2.05) is 6.92 Å². The molecule has 1 aromatic rings. The van der Waals surface area contributed by atoms with E-state index in [9.17, 15) is 4.79 Å². The van der Waals surface area contributed by atoms with Gasteiger partial charge in [-0.2, -0.15) is 0 Å². The molecule has 1 aliphatic rings. The summed E-state index contributed by atoms with van der Waals surface area (Å²) in [6, 6.07) is 2.34. The van der Waals surface area contributed by atoms with E-state index in [0.717, 1.165) is 12.0 Å². The van der Waals surface area contributed by atoms with E-state index in [0.29, 0.717) is 30.3 Å². The maximum atomic E-state index is 10.8. The van der Waals surface area contributed by atoms with Gasteiger partial charge in [-0.25, -0.2) is 0 Å². The van der Waals surface area contributed by atoms with Gasteiger partial charge in [-0.05, 0) is 30.2 Å². The molecule has 0 fully saturated rings. The summed E-state index contributed by atoms with van der Waals surface area (Å²) in [5.41, 5.74) is 6.95. The van der Waals surface area contributed by atoms with Crippen LogP contribution in [0.15, 0.2) is 12.1 Å². The van der Waals surface area contributed by atoms with Crippen LogP contribution in [0.3, 0.4) is 0 Å². The molecule has 0 aromatic heterocycles. The summed E-state index contributed by atoms with van der Waals surface area (Å²) in [6.07, 6.45) is 0.814. The van der Waals surface area contributed by atoms with Gasteiger partial charge >= 0.3 is 5.97 Å². The Kier molecular flexibility index (Phi) is 3.19. The quantitative estimate of drug-likeness (QED) is 0.808. The minimum absolute atomic E-state index is 0.527. The summed E-state index contributed by atoms with van der Waals surface area (Å²) in [5, 5.41) is 8.89. The number of aliphatic carboxylic acids is 1. The number of carboxylic acids is 1. The van der Waals surface area contributed by atoms with Crippen molar-refractivity contribution in [1.82, 2.24) is 0 Å². The third-order valence-electron chi connectivity index (χ3n) is 2.68. The average Bonchev–Trinajstić information content (AvgIpc) is 2.53. The normalized spacial score (nSPS) is 16.1. The Morgan fingerprint density at radius 3 is 2.82 bits per heavy atom. The van der Waals surface area contributed by atoms with Crippen molar-refractivity contribution in [3.05, 3.63) is 23.3 Å². The lowest BCUT2D eigenvalue weighted by Gasteiger charge is -2.14. The fraction of sp³-hybridized carbons (Fsp3) is 0.417. The zero-order chi connectivity index (χ0) is 12.4. The van der Waals surface area contributed by atoms with Gasteiger partial charge in [-0.3, -0.25) is 4.79 Å². The Bertz CT molecular complexity index is 444. The minimum atomic E-state index is -1.06.